The lowest BCUT2D eigenvalue weighted by molar-refractivity contribution is -0.367. The van der Waals surface area contributed by atoms with Crippen LogP contribution in [0.1, 0.15) is 26.2 Å². The molecule has 3 aliphatic heterocycles. The predicted molar refractivity (Wildman–Crippen MR) is 138 cm³/mol. The van der Waals surface area contributed by atoms with Gasteiger partial charge < -0.3 is 84.6 Å². The van der Waals surface area contributed by atoms with Crippen molar-refractivity contribution in [2.24, 2.45) is 5.92 Å². The van der Waals surface area contributed by atoms with E-state index in [1.54, 1.807) is 0 Å². The maximum Gasteiger partial charge on any atom is 0.187 e. The Morgan fingerprint density at radius 3 is 1.77 bits per heavy atom. The van der Waals surface area contributed by atoms with E-state index in [-0.39, 0.29) is 13.2 Å². The van der Waals surface area contributed by atoms with Crippen LogP contribution in [0.4, 0.5) is 0 Å². The summed E-state index contributed by atoms with van der Waals surface area (Å²) < 4.78 is 34.3. The summed E-state index contributed by atoms with van der Waals surface area (Å²) in [5, 5.41) is 112. The normalized spacial score (nSPS) is 51.3. The van der Waals surface area contributed by atoms with Gasteiger partial charge in [-0.3, -0.25) is 0 Å². The van der Waals surface area contributed by atoms with Crippen molar-refractivity contribution in [3.8, 4) is 0 Å². The zero-order valence-electron chi connectivity index (χ0n) is 23.7. The molecule has 4 aliphatic rings. The molecule has 0 radical (unpaired) electrons. The average Bonchev–Trinajstić information content (AvgIpc) is 3.00. The first-order valence-corrected chi connectivity index (χ1v) is 14.6. The molecule has 4 rings (SSSR count). The monoisotopic (exact) mass is 630 g/mol. The van der Waals surface area contributed by atoms with Gasteiger partial charge in [0.2, 0.25) is 0 Å². The first-order chi connectivity index (χ1) is 20.4. The third-order valence-corrected chi connectivity index (χ3v) is 8.80. The Hall–Kier alpha value is -0.680. The minimum atomic E-state index is -1.83. The van der Waals surface area contributed by atoms with Crippen LogP contribution in [0.25, 0.3) is 0 Å². The van der Waals surface area contributed by atoms with E-state index in [1.165, 1.54) is 6.92 Å². The lowest BCUT2D eigenvalue weighted by Gasteiger charge is -2.47. The van der Waals surface area contributed by atoms with Crippen molar-refractivity contribution in [2.45, 2.75) is 130 Å². The summed E-state index contributed by atoms with van der Waals surface area (Å²) in [6.45, 7) is -0.441. The molecule has 0 aromatic heterocycles. The van der Waals surface area contributed by atoms with E-state index in [0.717, 1.165) is 0 Å². The van der Waals surface area contributed by atoms with Gasteiger partial charge >= 0.3 is 0 Å². The topological polar surface area (TPSA) is 278 Å². The van der Waals surface area contributed by atoms with E-state index in [1.807, 2.05) is 0 Å². The maximum atomic E-state index is 11.2. The molecule has 1 aliphatic carbocycles. The van der Waals surface area contributed by atoms with Crippen LogP contribution in [0.5, 0.6) is 0 Å². The van der Waals surface area contributed by atoms with Crippen LogP contribution < -0.4 is 0 Å². The highest BCUT2D eigenvalue weighted by Gasteiger charge is 2.52. The lowest BCUT2D eigenvalue weighted by atomic mass is 9.84. The molecular weight excluding hydrogens is 584 g/mol. The summed E-state index contributed by atoms with van der Waals surface area (Å²) in [4.78, 5) is 0. The molecule has 18 unspecified atom stereocenters. The second-order valence-electron chi connectivity index (χ2n) is 11.7. The molecule has 0 amide bonds. The molecule has 17 heteroatoms. The van der Waals surface area contributed by atoms with Gasteiger partial charge in [-0.15, -0.1) is 0 Å². The Labute approximate surface area is 247 Å². The third kappa shape index (κ3) is 7.50. The molecule has 0 aromatic rings. The van der Waals surface area contributed by atoms with Gasteiger partial charge in [0.25, 0.3) is 0 Å². The predicted octanol–water partition coefficient (Wildman–Crippen LogP) is -5.96. The Kier molecular flexibility index (Phi) is 12.5. The zero-order chi connectivity index (χ0) is 31.6. The van der Waals surface area contributed by atoms with E-state index < -0.39 is 123 Å². The fourth-order valence-electron chi connectivity index (χ4n) is 6.11. The highest BCUT2D eigenvalue weighted by Crippen LogP contribution is 2.35. The molecule has 11 N–H and O–H groups in total. The highest BCUT2D eigenvalue weighted by atomic mass is 16.7. The maximum absolute atomic E-state index is 11.2. The van der Waals surface area contributed by atoms with Crippen molar-refractivity contribution in [3.05, 3.63) is 0 Å². The molecule has 18 atom stereocenters. The van der Waals surface area contributed by atoms with E-state index in [0.29, 0.717) is 19.3 Å². The Bertz CT molecular complexity index is 852. The number of hydrogen-bond acceptors (Lipinski definition) is 17. The summed E-state index contributed by atoms with van der Waals surface area (Å²) in [6.07, 6.45) is -22.2. The van der Waals surface area contributed by atoms with Gasteiger partial charge in [-0.05, 0) is 19.8 Å². The summed E-state index contributed by atoms with van der Waals surface area (Å²) in [5.41, 5.74) is 0. The van der Waals surface area contributed by atoms with E-state index in [9.17, 15) is 56.2 Å². The van der Waals surface area contributed by atoms with Crippen LogP contribution in [-0.4, -0.2) is 187 Å². The van der Waals surface area contributed by atoms with Gasteiger partial charge in [-0.1, -0.05) is 6.42 Å². The smallest absolute Gasteiger partial charge is 0.187 e. The van der Waals surface area contributed by atoms with Crippen LogP contribution in [0.2, 0.25) is 0 Å². The first-order valence-electron chi connectivity index (χ1n) is 14.6. The molecular formula is C26H46O17. The third-order valence-electron chi connectivity index (χ3n) is 8.80. The van der Waals surface area contributed by atoms with Crippen LogP contribution in [0.3, 0.4) is 0 Å². The Morgan fingerprint density at radius 1 is 0.558 bits per heavy atom. The minimum Gasteiger partial charge on any atom is -0.396 e. The number of hydrogen-bond donors (Lipinski definition) is 11. The van der Waals surface area contributed by atoms with Crippen molar-refractivity contribution in [3.63, 3.8) is 0 Å². The largest absolute Gasteiger partial charge is 0.396 e. The number of aliphatic hydroxyl groups is 11. The van der Waals surface area contributed by atoms with Gasteiger partial charge in [0.1, 0.15) is 73.2 Å². The molecule has 17 nitrogen and oxygen atoms in total. The van der Waals surface area contributed by atoms with Gasteiger partial charge in [-0.25, -0.2) is 0 Å². The van der Waals surface area contributed by atoms with Crippen LogP contribution in [-0.2, 0) is 28.4 Å². The lowest BCUT2D eigenvalue weighted by Crippen LogP contribution is -2.65. The van der Waals surface area contributed by atoms with Crippen LogP contribution in [0, 0.1) is 5.92 Å². The Morgan fingerprint density at radius 2 is 1.14 bits per heavy atom. The second kappa shape index (κ2) is 15.3. The molecule has 1 saturated carbocycles. The summed E-state index contributed by atoms with van der Waals surface area (Å²) in [5.74, 6) is -0.437. The molecule has 0 aromatic carbocycles. The SMILES string of the molecule is CC1OC(COC2C(CO)CCCC2OC2OC(CO)C(O)C(OC3OC(CO)C(O)C(O)C3O)C2O)C(O)C(O)C1O. The quantitative estimate of drug-likeness (QED) is 0.107. The fourth-order valence-corrected chi connectivity index (χ4v) is 6.11. The van der Waals surface area contributed by atoms with Gasteiger partial charge in [0.15, 0.2) is 12.6 Å². The number of aliphatic hydroxyl groups excluding tert-OH is 11. The molecule has 3 heterocycles. The summed E-state index contributed by atoms with van der Waals surface area (Å²) >= 11 is 0. The Balaban J connectivity index is 1.47. The highest BCUT2D eigenvalue weighted by molar-refractivity contribution is 4.96. The zero-order valence-corrected chi connectivity index (χ0v) is 23.7. The second-order valence-corrected chi connectivity index (χ2v) is 11.7. The van der Waals surface area contributed by atoms with Gasteiger partial charge in [0.05, 0.1) is 38.1 Å². The molecule has 252 valence electrons. The summed E-state index contributed by atoms with van der Waals surface area (Å²) in [6, 6.07) is 0. The van der Waals surface area contributed by atoms with Crippen LogP contribution >= 0.6 is 0 Å². The first kappa shape index (κ1) is 35.2. The standard InChI is InChI=1S/C26H46O17/c1-9-15(30)19(34)17(32)14(39-9)8-38-23-10(5-27)3-2-4-11(23)40-26-22(37)24(18(33)13(7-29)42-26)43-25-21(36)20(35)16(31)12(6-28)41-25/h9-37H,2-8H2,1H3. The van der Waals surface area contributed by atoms with E-state index >= 15 is 0 Å². The summed E-state index contributed by atoms with van der Waals surface area (Å²) in [7, 11) is 0. The molecule has 0 spiro atoms. The van der Waals surface area contributed by atoms with E-state index in [4.69, 9.17) is 28.4 Å². The van der Waals surface area contributed by atoms with Gasteiger partial charge in [0, 0.05) is 12.5 Å². The van der Waals surface area contributed by atoms with Crippen LogP contribution in [0.15, 0.2) is 0 Å². The van der Waals surface area contributed by atoms with Gasteiger partial charge in [-0.2, -0.15) is 0 Å². The molecule has 3 saturated heterocycles. The van der Waals surface area contributed by atoms with Crippen molar-refractivity contribution in [1.29, 1.82) is 0 Å². The molecule has 43 heavy (non-hydrogen) atoms. The molecule has 0 bridgehead atoms. The van der Waals surface area contributed by atoms with Crippen molar-refractivity contribution < 1.29 is 84.6 Å². The average molecular weight is 631 g/mol. The minimum absolute atomic E-state index is 0.231. The number of rotatable bonds is 10. The number of ether oxygens (including phenoxy) is 6. The van der Waals surface area contributed by atoms with Crippen molar-refractivity contribution in [1.82, 2.24) is 0 Å². The fraction of sp³-hybridized carbons (Fsp3) is 1.00. The van der Waals surface area contributed by atoms with E-state index in [2.05, 4.69) is 0 Å². The van der Waals surface area contributed by atoms with Crippen molar-refractivity contribution >= 4 is 0 Å². The molecule has 4 fully saturated rings. The van der Waals surface area contributed by atoms with Crippen molar-refractivity contribution in [2.75, 3.05) is 26.4 Å².